The van der Waals surface area contributed by atoms with Gasteiger partial charge < -0.3 is 0 Å². The number of hydrogen-bond acceptors (Lipinski definition) is 0. The molecule has 0 bridgehead atoms. The summed E-state index contributed by atoms with van der Waals surface area (Å²) in [6, 6.07) is 24.4. The van der Waals surface area contributed by atoms with Crippen LogP contribution >= 0.6 is 0 Å². The average molecular weight is 353 g/mol. The smallest absolute Gasteiger partial charge is 0.00272 e. The molecule has 1 aliphatic rings. The van der Waals surface area contributed by atoms with Crippen molar-refractivity contribution in [2.24, 2.45) is 5.92 Å². The molecule has 0 heteroatoms. The Bertz CT molecular complexity index is 976. The van der Waals surface area contributed by atoms with E-state index in [0.29, 0.717) is 5.92 Å². The zero-order valence-electron chi connectivity index (χ0n) is 16.6. The topological polar surface area (TPSA) is 0 Å². The summed E-state index contributed by atoms with van der Waals surface area (Å²) in [5, 5.41) is 0. The van der Waals surface area contributed by atoms with Gasteiger partial charge in [-0.2, -0.15) is 0 Å². The summed E-state index contributed by atoms with van der Waals surface area (Å²) in [6.07, 6.45) is 5.83. The summed E-state index contributed by atoms with van der Waals surface area (Å²) in [7, 11) is 0. The molecule has 136 valence electrons. The minimum absolute atomic E-state index is 0.645. The van der Waals surface area contributed by atoms with Crippen molar-refractivity contribution < 1.29 is 0 Å². The van der Waals surface area contributed by atoms with Gasteiger partial charge in [0, 0.05) is 0 Å². The molecule has 1 atom stereocenters. The Morgan fingerprint density at radius 3 is 2.30 bits per heavy atom. The molecule has 1 aliphatic carbocycles. The molecule has 0 heterocycles. The lowest BCUT2D eigenvalue weighted by Crippen LogP contribution is -1.97. The number of allylic oxidation sites excluding steroid dienone is 1. The fourth-order valence-electron chi connectivity index (χ4n) is 4.24. The van der Waals surface area contributed by atoms with E-state index < -0.39 is 0 Å². The molecule has 3 aromatic rings. The molecule has 0 saturated carbocycles. The third-order valence-corrected chi connectivity index (χ3v) is 6.06. The lowest BCUT2D eigenvalue weighted by molar-refractivity contribution is 0.647. The molecular weight excluding hydrogens is 324 g/mol. The zero-order chi connectivity index (χ0) is 18.8. The van der Waals surface area contributed by atoms with Gasteiger partial charge in [-0.3, -0.25) is 0 Å². The second-order valence-corrected chi connectivity index (χ2v) is 7.64. The van der Waals surface area contributed by atoms with Crippen LogP contribution in [0.15, 0.2) is 72.3 Å². The Kier molecular flexibility index (Phi) is 4.99. The van der Waals surface area contributed by atoms with Gasteiger partial charge in [0.15, 0.2) is 0 Å². The molecule has 1 unspecified atom stereocenters. The fraction of sp³-hybridized carbons (Fsp3) is 0.259. The quantitative estimate of drug-likeness (QED) is 0.444. The maximum Gasteiger partial charge on any atom is -0.00272 e. The number of aryl methyl sites for hydroxylation is 1. The van der Waals surface area contributed by atoms with Crippen LogP contribution in [0.1, 0.15) is 43.9 Å². The molecule has 3 aromatic carbocycles. The van der Waals surface area contributed by atoms with Gasteiger partial charge in [-0.15, -0.1) is 0 Å². The number of benzene rings is 3. The van der Waals surface area contributed by atoms with E-state index in [-0.39, 0.29) is 0 Å². The van der Waals surface area contributed by atoms with Crippen LogP contribution in [0.2, 0.25) is 0 Å². The third-order valence-electron chi connectivity index (χ3n) is 6.06. The van der Waals surface area contributed by atoms with E-state index in [1.807, 2.05) is 0 Å². The molecule has 27 heavy (non-hydrogen) atoms. The van der Waals surface area contributed by atoms with Crippen molar-refractivity contribution in [3.8, 4) is 22.3 Å². The van der Waals surface area contributed by atoms with Gasteiger partial charge >= 0.3 is 0 Å². The molecule has 0 N–H and O–H groups in total. The number of fused-ring (bicyclic) bond motifs is 1. The second-order valence-electron chi connectivity index (χ2n) is 7.64. The first-order chi connectivity index (χ1) is 13.2. The summed E-state index contributed by atoms with van der Waals surface area (Å²) < 4.78 is 0. The van der Waals surface area contributed by atoms with Gasteiger partial charge in [0.2, 0.25) is 0 Å². The number of rotatable bonds is 5. The van der Waals surface area contributed by atoms with Crippen molar-refractivity contribution in [1.29, 1.82) is 0 Å². The second kappa shape index (κ2) is 7.56. The molecule has 0 aromatic heterocycles. The molecule has 0 fully saturated rings. The van der Waals surface area contributed by atoms with Crippen molar-refractivity contribution in [2.75, 3.05) is 0 Å². The SMILES string of the molecule is CCc1ccccc1-c1c(-c2ccccc2)ccc2c1C=C(C(C)CC)C2. The minimum atomic E-state index is 0.645. The number of hydrogen-bond donors (Lipinski definition) is 0. The van der Waals surface area contributed by atoms with E-state index in [2.05, 4.69) is 93.6 Å². The first-order valence-corrected chi connectivity index (χ1v) is 10.2. The van der Waals surface area contributed by atoms with E-state index >= 15 is 0 Å². The predicted molar refractivity (Wildman–Crippen MR) is 118 cm³/mol. The highest BCUT2D eigenvalue weighted by atomic mass is 14.3. The van der Waals surface area contributed by atoms with Gasteiger partial charge in [0.05, 0.1) is 0 Å². The van der Waals surface area contributed by atoms with Gasteiger partial charge in [-0.25, -0.2) is 0 Å². The molecule has 0 spiro atoms. The van der Waals surface area contributed by atoms with Crippen LogP contribution < -0.4 is 0 Å². The summed E-state index contributed by atoms with van der Waals surface area (Å²) >= 11 is 0. The molecule has 0 radical (unpaired) electrons. The Morgan fingerprint density at radius 1 is 0.815 bits per heavy atom. The van der Waals surface area contributed by atoms with Crippen LogP contribution in [-0.4, -0.2) is 0 Å². The van der Waals surface area contributed by atoms with Crippen molar-refractivity contribution in [3.05, 3.63) is 89.0 Å². The average Bonchev–Trinajstić information content (AvgIpc) is 3.17. The third kappa shape index (κ3) is 3.25. The summed E-state index contributed by atoms with van der Waals surface area (Å²) in [6.45, 7) is 6.90. The van der Waals surface area contributed by atoms with E-state index in [4.69, 9.17) is 0 Å². The van der Waals surface area contributed by atoms with Crippen LogP contribution in [0.4, 0.5) is 0 Å². The molecule has 0 amide bonds. The van der Waals surface area contributed by atoms with Crippen molar-refractivity contribution >= 4 is 6.08 Å². The lowest BCUT2D eigenvalue weighted by Gasteiger charge is -2.17. The molecule has 4 rings (SSSR count). The Balaban J connectivity index is 2.00. The zero-order valence-corrected chi connectivity index (χ0v) is 16.6. The van der Waals surface area contributed by atoms with Crippen LogP contribution in [0.3, 0.4) is 0 Å². The van der Waals surface area contributed by atoms with Gasteiger partial charge in [0.25, 0.3) is 0 Å². The largest absolute Gasteiger partial charge is 0.0648 e. The Morgan fingerprint density at radius 2 is 1.56 bits per heavy atom. The van der Waals surface area contributed by atoms with E-state index in [1.54, 1.807) is 5.57 Å². The summed E-state index contributed by atoms with van der Waals surface area (Å²) in [4.78, 5) is 0. The highest BCUT2D eigenvalue weighted by Crippen LogP contribution is 2.43. The van der Waals surface area contributed by atoms with Crippen molar-refractivity contribution in [1.82, 2.24) is 0 Å². The van der Waals surface area contributed by atoms with E-state index in [9.17, 15) is 0 Å². The van der Waals surface area contributed by atoms with Gasteiger partial charge in [-0.05, 0) is 64.1 Å². The Labute approximate surface area is 163 Å². The fourth-order valence-corrected chi connectivity index (χ4v) is 4.24. The molecular formula is C27H28. The molecule has 0 nitrogen and oxygen atoms in total. The normalized spacial score (nSPS) is 14.0. The van der Waals surface area contributed by atoms with Crippen molar-refractivity contribution in [2.45, 2.75) is 40.0 Å². The van der Waals surface area contributed by atoms with Crippen LogP contribution in [-0.2, 0) is 12.8 Å². The van der Waals surface area contributed by atoms with Crippen molar-refractivity contribution in [3.63, 3.8) is 0 Å². The summed E-state index contributed by atoms with van der Waals surface area (Å²) in [5.74, 6) is 0.645. The molecule has 0 aliphatic heterocycles. The van der Waals surface area contributed by atoms with Gasteiger partial charge in [0.1, 0.15) is 0 Å². The summed E-state index contributed by atoms with van der Waals surface area (Å²) in [5.41, 5.74) is 11.4. The predicted octanol–water partition coefficient (Wildman–Crippen LogP) is 7.57. The van der Waals surface area contributed by atoms with E-state index in [0.717, 1.165) is 12.8 Å². The molecule has 0 saturated heterocycles. The van der Waals surface area contributed by atoms with Crippen LogP contribution in [0.25, 0.3) is 28.3 Å². The van der Waals surface area contributed by atoms with Gasteiger partial charge in [-0.1, -0.05) is 99.2 Å². The minimum Gasteiger partial charge on any atom is -0.0648 e. The van der Waals surface area contributed by atoms with Crippen LogP contribution in [0, 0.1) is 5.92 Å². The first-order valence-electron chi connectivity index (χ1n) is 10.2. The standard InChI is InChI=1S/C27H28/c1-4-19(3)23-17-22-15-16-25(21-12-7-6-8-13-21)27(26(22)18-23)24-14-10-9-11-20(24)5-2/h6-16,18-19H,4-5,17H2,1-3H3. The van der Waals surface area contributed by atoms with Crippen LogP contribution in [0.5, 0.6) is 0 Å². The Hall–Kier alpha value is -2.60. The highest BCUT2D eigenvalue weighted by Gasteiger charge is 2.23. The highest BCUT2D eigenvalue weighted by molar-refractivity contribution is 5.93. The maximum atomic E-state index is 2.48. The lowest BCUT2D eigenvalue weighted by atomic mass is 9.86. The maximum absolute atomic E-state index is 2.48. The first kappa shape index (κ1) is 17.8. The monoisotopic (exact) mass is 352 g/mol. The van der Waals surface area contributed by atoms with E-state index in [1.165, 1.54) is 45.4 Å².